The maximum atomic E-state index is 14.9. The molecule has 15 nitrogen and oxygen atoms in total. The normalized spacial score (nSPS) is 18.1. The van der Waals surface area contributed by atoms with E-state index in [1.807, 2.05) is 85.8 Å². The molecule has 2 N–H and O–H groups in total. The molecular formula is C55H62ClN7O8P2S. The van der Waals surface area contributed by atoms with Gasteiger partial charge in [0.15, 0.2) is 0 Å². The number of piperazine rings is 1. The largest absolute Gasteiger partial charge is 0.478 e. The SMILES string of the molecule is Cc1c(C(=O)O)c(-c2cccc(N3CCN(c4ccc(N5CCO[P@@]5(=O)c5ccc(N[C@H](CCN6CCC(COP=O)CC6)CSc6ccccc6)c([N+](=O)[O-])c5)cc4)CC3)c2)c(-c2ccc(Cl)cc2)n1C(C)C. The quantitative estimate of drug-likeness (QED) is 0.0321. The van der Waals surface area contributed by atoms with Gasteiger partial charge in [0.1, 0.15) is 5.69 Å². The predicted molar refractivity (Wildman–Crippen MR) is 299 cm³/mol. The van der Waals surface area contributed by atoms with E-state index in [9.17, 15) is 29.1 Å². The fraction of sp³-hybridized carbons (Fsp3) is 0.364. The minimum absolute atomic E-state index is 0.0135. The van der Waals surface area contributed by atoms with Crippen LogP contribution in [0.1, 0.15) is 55.2 Å². The van der Waals surface area contributed by atoms with Crippen molar-refractivity contribution in [2.45, 2.75) is 57.0 Å². The number of hydrogen-bond donors (Lipinski definition) is 2. The number of nitro groups is 1. The van der Waals surface area contributed by atoms with Crippen LogP contribution in [-0.2, 0) is 18.2 Å². The van der Waals surface area contributed by atoms with Crippen LogP contribution in [0.25, 0.3) is 22.4 Å². The number of benzene rings is 5. The number of nitro benzene ring substituents is 1. The van der Waals surface area contributed by atoms with Gasteiger partial charge in [0.2, 0.25) is 0 Å². The van der Waals surface area contributed by atoms with E-state index in [1.165, 1.54) is 6.07 Å². The summed E-state index contributed by atoms with van der Waals surface area (Å²) in [6, 6.07) is 38.4. The first-order valence-corrected chi connectivity index (χ1v) is 28.9. The van der Waals surface area contributed by atoms with Gasteiger partial charge >= 0.3 is 22.2 Å². The molecule has 5 aromatic carbocycles. The number of aromatic nitrogens is 1. The highest BCUT2D eigenvalue weighted by Gasteiger charge is 2.41. The molecule has 0 aliphatic carbocycles. The Morgan fingerprint density at radius 3 is 2.23 bits per heavy atom. The lowest BCUT2D eigenvalue weighted by Crippen LogP contribution is -2.46. The highest BCUT2D eigenvalue weighted by atomic mass is 35.5. The summed E-state index contributed by atoms with van der Waals surface area (Å²) in [5, 5.41) is 27.7. The third kappa shape index (κ3) is 11.9. The molecule has 0 spiro atoms. The monoisotopic (exact) mass is 1080 g/mol. The third-order valence-corrected chi connectivity index (χ3v) is 18.6. The molecule has 3 fully saturated rings. The number of carboxylic acid groups (broad SMARTS) is 1. The van der Waals surface area contributed by atoms with E-state index in [1.54, 1.807) is 28.6 Å². The van der Waals surface area contributed by atoms with E-state index < -0.39 is 18.4 Å². The average Bonchev–Trinajstić information content (AvgIpc) is 3.97. The van der Waals surface area contributed by atoms with Gasteiger partial charge in [-0.1, -0.05) is 54.1 Å². The summed E-state index contributed by atoms with van der Waals surface area (Å²) in [7, 11) is -4.01. The van der Waals surface area contributed by atoms with Crippen LogP contribution in [0.5, 0.6) is 0 Å². The molecule has 74 heavy (non-hydrogen) atoms. The van der Waals surface area contributed by atoms with Crippen molar-refractivity contribution in [2.24, 2.45) is 5.92 Å². The van der Waals surface area contributed by atoms with Crippen molar-refractivity contribution in [3.63, 3.8) is 0 Å². The van der Waals surface area contributed by atoms with Gasteiger partial charge in [-0.05, 0) is 143 Å². The molecule has 2 atom stereocenters. The van der Waals surface area contributed by atoms with Crippen LogP contribution < -0.4 is 25.1 Å². The van der Waals surface area contributed by atoms with Gasteiger partial charge in [-0.25, -0.2) is 9.36 Å². The lowest BCUT2D eigenvalue weighted by molar-refractivity contribution is -0.383. The van der Waals surface area contributed by atoms with Gasteiger partial charge in [0, 0.05) is 94.9 Å². The number of thioether (sulfide) groups is 1. The Balaban J connectivity index is 0.874. The van der Waals surface area contributed by atoms with Gasteiger partial charge in [-0.15, -0.1) is 11.8 Å². The minimum Gasteiger partial charge on any atom is -0.478 e. The second-order valence-corrected chi connectivity index (χ2v) is 23.6. The molecule has 0 bridgehead atoms. The summed E-state index contributed by atoms with van der Waals surface area (Å²) in [6.07, 6.45) is 2.68. The summed E-state index contributed by atoms with van der Waals surface area (Å²) >= 11 is 7.99. The second kappa shape index (κ2) is 23.9. The Morgan fingerprint density at radius 2 is 1.57 bits per heavy atom. The Bertz CT molecular complexity index is 2990. The number of rotatable bonds is 20. The number of hydrogen-bond acceptors (Lipinski definition) is 12. The summed E-state index contributed by atoms with van der Waals surface area (Å²) in [6.45, 7) is 12.6. The van der Waals surface area contributed by atoms with Crippen molar-refractivity contribution < 1.29 is 33.0 Å². The molecule has 0 unspecified atom stereocenters. The van der Waals surface area contributed by atoms with Crippen LogP contribution in [-0.4, -0.2) is 103 Å². The van der Waals surface area contributed by atoms with Crippen LogP contribution in [0.4, 0.5) is 28.4 Å². The number of piperidine rings is 1. The lowest BCUT2D eigenvalue weighted by Gasteiger charge is -2.37. The molecular weight excluding hydrogens is 1020 g/mol. The zero-order valence-electron chi connectivity index (χ0n) is 41.8. The maximum Gasteiger partial charge on any atom is 0.338 e. The van der Waals surface area contributed by atoms with E-state index in [2.05, 4.69) is 62.7 Å². The molecule has 3 saturated heterocycles. The minimum atomic E-state index is -3.72. The van der Waals surface area contributed by atoms with Crippen molar-refractivity contribution in [2.75, 3.05) is 91.1 Å². The smallest absolute Gasteiger partial charge is 0.338 e. The zero-order valence-corrected chi connectivity index (χ0v) is 45.2. The highest BCUT2D eigenvalue weighted by molar-refractivity contribution is 7.99. The molecule has 4 heterocycles. The fourth-order valence-corrected chi connectivity index (χ4v) is 14.2. The van der Waals surface area contributed by atoms with Crippen LogP contribution in [0.15, 0.2) is 126 Å². The van der Waals surface area contributed by atoms with Crippen molar-refractivity contribution >= 4 is 79.3 Å². The standard InChI is InChI=1S/C55H62ClN7O8P2S/c1-38(2)62-39(3)52(55(64)65)53(54(62)41-12-14-43(56)15-13-41)42-8-7-9-47(34-42)60-30-28-59(29-31-60)45-16-18-46(19-17-45)61-32-33-71-73(61,69)48-20-21-50(51(35-48)63(66)67)57-44(37-74-49-10-5-4-6-11-49)24-27-58-25-22-40(23-26-58)36-70-72-68/h4-21,34-35,38,40,44,57H,22-33,36-37H2,1-3H3,(H,64,65)/t44-,73+/m1/s1. The van der Waals surface area contributed by atoms with Crippen molar-refractivity contribution in [3.05, 3.63) is 148 Å². The van der Waals surface area contributed by atoms with E-state index in [4.69, 9.17) is 20.6 Å². The van der Waals surface area contributed by atoms with Gasteiger partial charge in [-0.3, -0.25) is 23.9 Å². The average molecular weight is 1080 g/mol. The highest BCUT2D eigenvalue weighted by Crippen LogP contribution is 2.56. The number of anilines is 4. The maximum absolute atomic E-state index is 14.9. The third-order valence-electron chi connectivity index (χ3n) is 14.4. The lowest BCUT2D eigenvalue weighted by atomic mass is 9.96. The summed E-state index contributed by atoms with van der Waals surface area (Å²) < 4.78 is 40.7. The first kappa shape index (κ1) is 53.1. The molecule has 0 saturated carbocycles. The predicted octanol–water partition coefficient (Wildman–Crippen LogP) is 12.6. The molecule has 1 aromatic heterocycles. The number of carbonyl (C=O) groups is 1. The summed E-state index contributed by atoms with van der Waals surface area (Å²) in [5.41, 5.74) is 7.18. The number of nitrogens with zero attached hydrogens (tertiary/aromatic N) is 6. The van der Waals surface area contributed by atoms with Crippen LogP contribution >= 0.6 is 39.6 Å². The van der Waals surface area contributed by atoms with E-state index in [0.29, 0.717) is 52.5 Å². The Labute approximate surface area is 443 Å². The van der Waals surface area contributed by atoms with Gasteiger partial charge in [-0.2, -0.15) is 0 Å². The van der Waals surface area contributed by atoms with Gasteiger partial charge in [0.25, 0.3) is 5.69 Å². The number of halogens is 1. The Kier molecular flexibility index (Phi) is 17.1. The fourth-order valence-electron chi connectivity index (χ4n) is 10.6. The molecule has 3 aliphatic heterocycles. The van der Waals surface area contributed by atoms with E-state index in [-0.39, 0.29) is 43.9 Å². The van der Waals surface area contributed by atoms with Crippen molar-refractivity contribution in [1.29, 1.82) is 0 Å². The van der Waals surface area contributed by atoms with E-state index >= 15 is 0 Å². The first-order chi connectivity index (χ1) is 35.8. The molecule has 19 heteroatoms. The number of likely N-dealkylation sites (tertiary alicyclic amines) is 1. The van der Waals surface area contributed by atoms with Crippen LogP contribution in [0.3, 0.4) is 0 Å². The van der Waals surface area contributed by atoms with Crippen LogP contribution in [0, 0.1) is 23.0 Å². The van der Waals surface area contributed by atoms with Gasteiger partial charge < -0.3 is 34.2 Å². The van der Waals surface area contributed by atoms with Crippen molar-refractivity contribution in [3.8, 4) is 22.4 Å². The second-order valence-electron chi connectivity index (χ2n) is 19.3. The summed E-state index contributed by atoms with van der Waals surface area (Å²) in [5.74, 6) is 0.0921. The first-order valence-electron chi connectivity index (χ1n) is 25.2. The zero-order chi connectivity index (χ0) is 51.9. The summed E-state index contributed by atoms with van der Waals surface area (Å²) in [4.78, 5) is 33.4. The number of aromatic carboxylic acids is 1. The van der Waals surface area contributed by atoms with Crippen molar-refractivity contribution in [1.82, 2.24) is 9.47 Å². The Morgan fingerprint density at radius 1 is 0.878 bits per heavy atom. The molecule has 6 aromatic rings. The number of nitrogens with one attached hydrogen (secondary N) is 1. The molecule has 3 aliphatic rings. The molecule has 0 amide bonds. The molecule has 388 valence electrons. The number of carboxylic acids is 1. The molecule has 9 rings (SSSR count). The van der Waals surface area contributed by atoms with Crippen LogP contribution in [0.2, 0.25) is 5.02 Å². The Hall–Kier alpha value is -5.70. The topological polar surface area (TPSA) is 163 Å². The van der Waals surface area contributed by atoms with E-state index in [0.717, 1.165) is 98.2 Å². The molecule has 0 radical (unpaired) electrons. The van der Waals surface area contributed by atoms with Gasteiger partial charge in [0.05, 0.1) is 41.2 Å².